The summed E-state index contributed by atoms with van der Waals surface area (Å²) in [5.74, 6) is 1.05. The predicted molar refractivity (Wildman–Crippen MR) is 52.3 cm³/mol. The predicted octanol–water partition coefficient (Wildman–Crippen LogP) is 0.763. The Morgan fingerprint density at radius 3 is 3.07 bits per heavy atom. The molecule has 2 aliphatic rings. The van der Waals surface area contributed by atoms with E-state index in [2.05, 4.69) is 14.9 Å². The molecule has 0 N–H and O–H groups in total. The fourth-order valence-corrected chi connectivity index (χ4v) is 2.28. The summed E-state index contributed by atoms with van der Waals surface area (Å²) < 4.78 is 5.55. The molecule has 2 aliphatic heterocycles. The van der Waals surface area contributed by atoms with Gasteiger partial charge in [0.25, 0.3) is 0 Å². The van der Waals surface area contributed by atoms with E-state index in [0.29, 0.717) is 12.1 Å². The molecule has 74 valence electrons. The molecule has 3 heterocycles. The molecule has 0 unspecified atom stereocenters. The minimum atomic E-state index is 0.426. The van der Waals surface area contributed by atoms with Crippen molar-refractivity contribution in [1.82, 2.24) is 9.97 Å². The van der Waals surface area contributed by atoms with Crippen molar-refractivity contribution in [2.45, 2.75) is 25.5 Å². The number of fused-ring (bicyclic) bond motifs is 2. The van der Waals surface area contributed by atoms with Crippen molar-refractivity contribution < 1.29 is 4.74 Å². The first-order valence-corrected chi connectivity index (χ1v) is 5.00. The fourth-order valence-electron chi connectivity index (χ4n) is 2.28. The van der Waals surface area contributed by atoms with E-state index in [1.165, 1.54) is 0 Å². The van der Waals surface area contributed by atoms with Gasteiger partial charge in [-0.15, -0.1) is 0 Å². The van der Waals surface area contributed by atoms with Crippen LogP contribution in [0, 0.1) is 6.92 Å². The van der Waals surface area contributed by atoms with Crippen molar-refractivity contribution in [2.24, 2.45) is 0 Å². The molecular weight excluding hydrogens is 178 g/mol. The average Bonchev–Trinajstić information content (AvgIpc) is 2.78. The number of aromatic nitrogens is 2. The number of morpholine rings is 1. The summed E-state index contributed by atoms with van der Waals surface area (Å²) in [6.07, 6.45) is 3.22. The lowest BCUT2D eigenvalue weighted by molar-refractivity contribution is 0.0989. The van der Waals surface area contributed by atoms with Gasteiger partial charge >= 0.3 is 0 Å². The van der Waals surface area contributed by atoms with Gasteiger partial charge in [-0.25, -0.2) is 9.97 Å². The van der Waals surface area contributed by atoms with E-state index in [1.54, 1.807) is 6.33 Å². The zero-order chi connectivity index (χ0) is 9.54. The molecule has 0 spiro atoms. The maximum atomic E-state index is 5.55. The number of aryl methyl sites for hydroxylation is 1. The summed E-state index contributed by atoms with van der Waals surface area (Å²) in [5.41, 5.74) is 1.03. The lowest BCUT2D eigenvalue weighted by atomic mass is 10.2. The lowest BCUT2D eigenvalue weighted by Gasteiger charge is -2.27. The highest BCUT2D eigenvalue weighted by molar-refractivity contribution is 5.42. The molecule has 4 nitrogen and oxygen atoms in total. The number of hydrogen-bond donors (Lipinski definition) is 0. The minimum absolute atomic E-state index is 0.426. The summed E-state index contributed by atoms with van der Waals surface area (Å²) in [7, 11) is 0. The van der Waals surface area contributed by atoms with Crippen LogP contribution in [0.3, 0.4) is 0 Å². The first kappa shape index (κ1) is 8.17. The second kappa shape index (κ2) is 2.92. The molecular formula is C10H13N3O. The third-order valence-electron chi connectivity index (χ3n) is 2.98. The van der Waals surface area contributed by atoms with Crippen LogP contribution in [0.25, 0.3) is 0 Å². The van der Waals surface area contributed by atoms with Crippen LogP contribution in [0.15, 0.2) is 12.4 Å². The van der Waals surface area contributed by atoms with E-state index in [1.807, 2.05) is 13.0 Å². The van der Waals surface area contributed by atoms with E-state index in [0.717, 1.165) is 31.1 Å². The molecule has 2 saturated heterocycles. The van der Waals surface area contributed by atoms with Crippen molar-refractivity contribution in [3.05, 3.63) is 18.1 Å². The molecule has 0 saturated carbocycles. The fraction of sp³-hybridized carbons (Fsp3) is 0.600. The number of nitrogens with zero attached hydrogens (tertiary/aromatic N) is 3. The first-order valence-electron chi connectivity index (χ1n) is 5.00. The highest BCUT2D eigenvalue weighted by Gasteiger charge is 2.39. The van der Waals surface area contributed by atoms with Gasteiger partial charge < -0.3 is 9.64 Å². The van der Waals surface area contributed by atoms with Crippen molar-refractivity contribution >= 4 is 5.82 Å². The smallest absolute Gasteiger partial charge is 0.132 e. The third kappa shape index (κ3) is 1.18. The first-order chi connectivity index (χ1) is 6.83. The maximum absolute atomic E-state index is 5.55. The highest BCUT2D eigenvalue weighted by atomic mass is 16.5. The lowest BCUT2D eigenvalue weighted by Crippen LogP contribution is -2.37. The van der Waals surface area contributed by atoms with Gasteiger partial charge in [-0.2, -0.15) is 0 Å². The largest absolute Gasteiger partial charge is 0.374 e. The van der Waals surface area contributed by atoms with Crippen LogP contribution in [0.4, 0.5) is 5.82 Å². The Morgan fingerprint density at radius 2 is 2.43 bits per heavy atom. The number of rotatable bonds is 1. The Bertz CT molecular complexity index is 355. The Labute approximate surface area is 82.9 Å². The zero-order valence-electron chi connectivity index (χ0n) is 8.18. The second-order valence-corrected chi connectivity index (χ2v) is 4.01. The molecule has 2 fully saturated rings. The van der Waals surface area contributed by atoms with Crippen molar-refractivity contribution in [1.29, 1.82) is 0 Å². The zero-order valence-corrected chi connectivity index (χ0v) is 8.18. The Kier molecular flexibility index (Phi) is 1.70. The SMILES string of the molecule is Cc1cc(N2C[C@H]3C[C@H]2CO3)ncn1. The van der Waals surface area contributed by atoms with Gasteiger partial charge in [0, 0.05) is 18.3 Å². The average molecular weight is 191 g/mol. The number of hydrogen-bond acceptors (Lipinski definition) is 4. The molecule has 4 heteroatoms. The molecule has 3 rings (SSSR count). The molecule has 1 aromatic heterocycles. The molecule has 0 aliphatic carbocycles. The molecule has 0 aromatic carbocycles. The van der Waals surface area contributed by atoms with Gasteiger partial charge in [-0.1, -0.05) is 0 Å². The summed E-state index contributed by atoms with van der Waals surface area (Å²) in [6, 6.07) is 2.58. The number of anilines is 1. The Hall–Kier alpha value is -1.16. The topological polar surface area (TPSA) is 38.2 Å². The van der Waals surface area contributed by atoms with Crippen LogP contribution in [0.5, 0.6) is 0 Å². The van der Waals surface area contributed by atoms with Crippen LogP contribution in [0.2, 0.25) is 0 Å². The molecule has 0 amide bonds. The van der Waals surface area contributed by atoms with E-state index < -0.39 is 0 Å². The second-order valence-electron chi connectivity index (χ2n) is 4.01. The molecule has 1 aromatic rings. The van der Waals surface area contributed by atoms with Crippen LogP contribution >= 0.6 is 0 Å². The van der Waals surface area contributed by atoms with Crippen LogP contribution in [-0.4, -0.2) is 35.3 Å². The Balaban J connectivity index is 1.89. The quantitative estimate of drug-likeness (QED) is 0.657. The number of ether oxygens (including phenoxy) is 1. The highest BCUT2D eigenvalue weighted by Crippen LogP contribution is 2.31. The van der Waals surface area contributed by atoms with Crippen LogP contribution in [-0.2, 0) is 4.74 Å². The summed E-state index contributed by atoms with van der Waals surface area (Å²) >= 11 is 0. The Morgan fingerprint density at radius 1 is 1.50 bits per heavy atom. The maximum Gasteiger partial charge on any atom is 0.132 e. The van der Waals surface area contributed by atoms with Crippen molar-refractivity contribution in [2.75, 3.05) is 18.1 Å². The van der Waals surface area contributed by atoms with Gasteiger partial charge in [0.05, 0.1) is 18.8 Å². The molecule has 2 bridgehead atoms. The van der Waals surface area contributed by atoms with Crippen molar-refractivity contribution in [3.8, 4) is 0 Å². The van der Waals surface area contributed by atoms with Gasteiger partial charge in [0.2, 0.25) is 0 Å². The molecule has 0 radical (unpaired) electrons. The summed E-state index contributed by atoms with van der Waals surface area (Å²) in [6.45, 7) is 3.84. The third-order valence-corrected chi connectivity index (χ3v) is 2.98. The normalized spacial score (nSPS) is 29.9. The molecule has 2 atom stereocenters. The van der Waals surface area contributed by atoms with Gasteiger partial charge in [0.1, 0.15) is 12.1 Å². The van der Waals surface area contributed by atoms with Crippen molar-refractivity contribution in [3.63, 3.8) is 0 Å². The van der Waals surface area contributed by atoms with Crippen LogP contribution in [0.1, 0.15) is 12.1 Å². The minimum Gasteiger partial charge on any atom is -0.374 e. The van der Waals surface area contributed by atoms with E-state index in [-0.39, 0.29) is 0 Å². The summed E-state index contributed by atoms with van der Waals surface area (Å²) in [5, 5.41) is 0. The van der Waals surface area contributed by atoms with E-state index >= 15 is 0 Å². The van der Waals surface area contributed by atoms with Gasteiger partial charge in [-0.3, -0.25) is 0 Å². The van der Waals surface area contributed by atoms with Gasteiger partial charge in [-0.05, 0) is 13.3 Å². The van der Waals surface area contributed by atoms with Crippen LogP contribution < -0.4 is 4.90 Å². The summed E-state index contributed by atoms with van der Waals surface area (Å²) in [4.78, 5) is 10.7. The standard InChI is InChI=1S/C10H13N3O/c1-7-2-10(12-6-11-7)13-4-9-3-8(13)5-14-9/h2,6,8-9H,3-5H2,1H3/t8-,9+/m0/s1. The van der Waals surface area contributed by atoms with Gasteiger partial charge in [0.15, 0.2) is 0 Å². The van der Waals surface area contributed by atoms with E-state index in [9.17, 15) is 0 Å². The van der Waals surface area contributed by atoms with E-state index in [4.69, 9.17) is 4.74 Å². The molecule has 14 heavy (non-hydrogen) atoms. The monoisotopic (exact) mass is 191 g/mol.